The minimum absolute atomic E-state index is 0.365. The molecular formula is C17H32N4O3. The first-order valence-electron chi connectivity index (χ1n) is 8.71. The van der Waals surface area contributed by atoms with Crippen LogP contribution in [0.15, 0.2) is 15.6 Å². The van der Waals surface area contributed by atoms with Crippen molar-refractivity contribution in [2.75, 3.05) is 40.0 Å². The molecule has 7 nitrogen and oxygen atoms in total. The first kappa shape index (κ1) is 20.4. The quantitative estimate of drug-likeness (QED) is 0.345. The number of nitrogens with one attached hydrogen (secondary N) is 2. The van der Waals surface area contributed by atoms with Crippen LogP contribution in [-0.4, -0.2) is 51.1 Å². The standard InChI is InChI=1S/C17H32N4O3/c1-5-18-17(19-8-6-7-9-23-11-10-22-4)20-13-15-12-16(14(2)3)21-24-15/h12,14H,5-11,13H2,1-4H3,(H2,18,19,20). The maximum absolute atomic E-state index is 5.44. The van der Waals surface area contributed by atoms with Gasteiger partial charge in [-0.2, -0.15) is 0 Å². The molecule has 1 heterocycles. The Morgan fingerprint density at radius 3 is 2.75 bits per heavy atom. The molecule has 0 bridgehead atoms. The predicted molar refractivity (Wildman–Crippen MR) is 95.3 cm³/mol. The first-order valence-corrected chi connectivity index (χ1v) is 8.71. The molecule has 24 heavy (non-hydrogen) atoms. The number of nitrogens with zero attached hydrogens (tertiary/aromatic N) is 2. The van der Waals surface area contributed by atoms with Gasteiger partial charge in [-0.25, -0.2) is 4.99 Å². The van der Waals surface area contributed by atoms with Gasteiger partial charge in [0.05, 0.1) is 18.9 Å². The zero-order chi connectivity index (χ0) is 17.6. The summed E-state index contributed by atoms with van der Waals surface area (Å²) in [5.74, 6) is 1.94. The monoisotopic (exact) mass is 340 g/mol. The third kappa shape index (κ3) is 8.88. The highest BCUT2D eigenvalue weighted by Gasteiger charge is 2.07. The topological polar surface area (TPSA) is 80.9 Å². The summed E-state index contributed by atoms with van der Waals surface area (Å²) < 4.78 is 15.7. The number of ether oxygens (including phenoxy) is 2. The number of hydrogen-bond acceptors (Lipinski definition) is 5. The molecule has 1 aromatic rings. The van der Waals surface area contributed by atoms with E-state index in [0.29, 0.717) is 25.7 Å². The van der Waals surface area contributed by atoms with Gasteiger partial charge in [0.2, 0.25) is 0 Å². The maximum atomic E-state index is 5.44. The molecule has 0 unspecified atom stereocenters. The van der Waals surface area contributed by atoms with Gasteiger partial charge in [-0.05, 0) is 25.7 Å². The van der Waals surface area contributed by atoms with Crippen LogP contribution < -0.4 is 10.6 Å². The largest absolute Gasteiger partial charge is 0.382 e. The Morgan fingerprint density at radius 2 is 2.08 bits per heavy atom. The van der Waals surface area contributed by atoms with Crippen molar-refractivity contribution in [3.8, 4) is 0 Å². The Hall–Kier alpha value is -1.60. The van der Waals surface area contributed by atoms with E-state index in [0.717, 1.165) is 50.0 Å². The molecule has 0 aliphatic rings. The molecule has 0 radical (unpaired) electrons. The average molecular weight is 340 g/mol. The highest BCUT2D eigenvalue weighted by Crippen LogP contribution is 2.14. The summed E-state index contributed by atoms with van der Waals surface area (Å²) in [6, 6.07) is 1.97. The Balaban J connectivity index is 2.26. The third-order valence-electron chi connectivity index (χ3n) is 3.35. The van der Waals surface area contributed by atoms with Crippen LogP contribution >= 0.6 is 0 Å². The third-order valence-corrected chi connectivity index (χ3v) is 3.35. The summed E-state index contributed by atoms with van der Waals surface area (Å²) in [7, 11) is 1.68. The molecule has 2 N–H and O–H groups in total. The summed E-state index contributed by atoms with van der Waals surface area (Å²) in [5.41, 5.74) is 0.964. The second kappa shape index (κ2) is 12.8. The van der Waals surface area contributed by atoms with Gasteiger partial charge >= 0.3 is 0 Å². The van der Waals surface area contributed by atoms with Gasteiger partial charge in [-0.1, -0.05) is 19.0 Å². The number of hydrogen-bond donors (Lipinski definition) is 2. The van der Waals surface area contributed by atoms with Crippen LogP contribution in [0.5, 0.6) is 0 Å². The lowest BCUT2D eigenvalue weighted by Crippen LogP contribution is -2.37. The maximum Gasteiger partial charge on any atom is 0.191 e. The SMILES string of the molecule is CCNC(=NCc1cc(C(C)C)no1)NCCCCOCCOC. The van der Waals surface area contributed by atoms with Crippen molar-refractivity contribution in [2.45, 2.75) is 46.1 Å². The summed E-state index contributed by atoms with van der Waals surface area (Å²) in [6.45, 7) is 10.5. The van der Waals surface area contributed by atoms with Gasteiger partial charge in [0.15, 0.2) is 11.7 Å². The van der Waals surface area contributed by atoms with Crippen LogP contribution in [0.3, 0.4) is 0 Å². The highest BCUT2D eigenvalue weighted by molar-refractivity contribution is 5.79. The number of methoxy groups -OCH3 is 1. The Morgan fingerprint density at radius 1 is 1.25 bits per heavy atom. The molecule has 0 aliphatic heterocycles. The molecule has 138 valence electrons. The number of rotatable bonds is 12. The van der Waals surface area contributed by atoms with Gasteiger partial charge in [0, 0.05) is 32.9 Å². The lowest BCUT2D eigenvalue weighted by molar-refractivity contribution is 0.0689. The molecule has 1 aromatic heterocycles. The van der Waals surface area contributed by atoms with Crippen molar-refractivity contribution in [1.82, 2.24) is 15.8 Å². The number of aromatic nitrogens is 1. The summed E-state index contributed by atoms with van der Waals surface area (Å²) in [4.78, 5) is 4.53. The fraction of sp³-hybridized carbons (Fsp3) is 0.765. The molecular weight excluding hydrogens is 308 g/mol. The van der Waals surface area contributed by atoms with E-state index in [1.54, 1.807) is 7.11 Å². The molecule has 0 atom stereocenters. The zero-order valence-electron chi connectivity index (χ0n) is 15.4. The zero-order valence-corrected chi connectivity index (χ0v) is 15.4. The lowest BCUT2D eigenvalue weighted by atomic mass is 10.1. The molecule has 0 spiro atoms. The molecule has 0 saturated heterocycles. The normalized spacial score (nSPS) is 12.0. The van der Waals surface area contributed by atoms with Gasteiger partial charge in [0.25, 0.3) is 0 Å². The molecule has 0 aliphatic carbocycles. The van der Waals surface area contributed by atoms with Crippen LogP contribution in [0.2, 0.25) is 0 Å². The lowest BCUT2D eigenvalue weighted by Gasteiger charge is -2.10. The van der Waals surface area contributed by atoms with Gasteiger partial charge in [-0.15, -0.1) is 0 Å². The van der Waals surface area contributed by atoms with E-state index in [9.17, 15) is 0 Å². The van der Waals surface area contributed by atoms with E-state index in [-0.39, 0.29) is 0 Å². The van der Waals surface area contributed by atoms with Crippen molar-refractivity contribution < 1.29 is 14.0 Å². The highest BCUT2D eigenvalue weighted by atomic mass is 16.5. The summed E-state index contributed by atoms with van der Waals surface area (Å²) in [5, 5.41) is 10.6. The minimum atomic E-state index is 0.365. The number of aliphatic imine (C=N–C) groups is 1. The second-order valence-corrected chi connectivity index (χ2v) is 5.81. The number of unbranched alkanes of at least 4 members (excludes halogenated alkanes) is 1. The van der Waals surface area contributed by atoms with Gasteiger partial charge in [-0.3, -0.25) is 0 Å². The van der Waals surface area contributed by atoms with Gasteiger partial charge < -0.3 is 24.6 Å². The predicted octanol–water partition coefficient (Wildman–Crippen LogP) is 2.30. The van der Waals surface area contributed by atoms with Crippen LogP contribution in [-0.2, 0) is 16.0 Å². The van der Waals surface area contributed by atoms with Gasteiger partial charge in [0.1, 0.15) is 6.54 Å². The Bertz CT molecular complexity index is 460. The van der Waals surface area contributed by atoms with Crippen molar-refractivity contribution in [2.24, 2.45) is 4.99 Å². The van der Waals surface area contributed by atoms with Crippen molar-refractivity contribution >= 4 is 5.96 Å². The summed E-state index contributed by atoms with van der Waals surface area (Å²) in [6.07, 6.45) is 2.03. The molecule has 0 saturated carbocycles. The minimum Gasteiger partial charge on any atom is -0.382 e. The van der Waals surface area contributed by atoms with E-state index >= 15 is 0 Å². The van der Waals surface area contributed by atoms with E-state index in [2.05, 4.69) is 34.6 Å². The first-order chi connectivity index (χ1) is 11.7. The fourth-order valence-corrected chi connectivity index (χ4v) is 1.95. The van der Waals surface area contributed by atoms with Crippen LogP contribution in [0.4, 0.5) is 0 Å². The van der Waals surface area contributed by atoms with Crippen LogP contribution in [0.25, 0.3) is 0 Å². The second-order valence-electron chi connectivity index (χ2n) is 5.81. The van der Waals surface area contributed by atoms with E-state index in [1.807, 2.05) is 13.0 Å². The van der Waals surface area contributed by atoms with E-state index in [4.69, 9.17) is 14.0 Å². The summed E-state index contributed by atoms with van der Waals surface area (Å²) >= 11 is 0. The van der Waals surface area contributed by atoms with Crippen molar-refractivity contribution in [3.63, 3.8) is 0 Å². The Labute approximate surface area is 145 Å². The Kier molecular flexibility index (Phi) is 10.9. The molecule has 0 aromatic carbocycles. The molecule has 0 amide bonds. The molecule has 7 heteroatoms. The van der Waals surface area contributed by atoms with E-state index < -0.39 is 0 Å². The van der Waals surface area contributed by atoms with Crippen LogP contribution in [0, 0.1) is 0 Å². The average Bonchev–Trinajstić information content (AvgIpc) is 3.04. The van der Waals surface area contributed by atoms with Crippen molar-refractivity contribution in [1.29, 1.82) is 0 Å². The molecule has 0 fully saturated rings. The van der Waals surface area contributed by atoms with Crippen LogP contribution in [0.1, 0.15) is 51.0 Å². The molecule has 1 rings (SSSR count). The van der Waals surface area contributed by atoms with E-state index in [1.165, 1.54) is 0 Å². The van der Waals surface area contributed by atoms with Crippen molar-refractivity contribution in [3.05, 3.63) is 17.5 Å². The fourth-order valence-electron chi connectivity index (χ4n) is 1.95. The number of guanidine groups is 1. The smallest absolute Gasteiger partial charge is 0.191 e.